The second kappa shape index (κ2) is 6.85. The molecule has 0 radical (unpaired) electrons. The van der Waals surface area contributed by atoms with Gasteiger partial charge >= 0.3 is 0 Å². The van der Waals surface area contributed by atoms with Crippen LogP contribution in [0, 0.1) is 17.6 Å². The van der Waals surface area contributed by atoms with Gasteiger partial charge in [-0.1, -0.05) is 19.3 Å². The van der Waals surface area contributed by atoms with E-state index in [-0.39, 0.29) is 24.1 Å². The van der Waals surface area contributed by atoms with Crippen molar-refractivity contribution in [2.75, 3.05) is 6.61 Å². The van der Waals surface area contributed by atoms with E-state index in [1.54, 1.807) is 0 Å². The lowest BCUT2D eigenvalue weighted by Gasteiger charge is -2.24. The zero-order valence-electron chi connectivity index (χ0n) is 11.6. The number of hydrogen-bond acceptors (Lipinski definition) is 3. The summed E-state index contributed by atoms with van der Waals surface area (Å²) in [4.78, 5) is 12.1. The summed E-state index contributed by atoms with van der Waals surface area (Å²) in [5, 5.41) is 21.2. The number of carbonyl (C=O) groups is 1. The SMILES string of the molecule is O=C(N[C@@H]1CCCCC[C@H]1CO)c1cc(F)c(O)c(F)c1. The van der Waals surface area contributed by atoms with Crippen molar-refractivity contribution in [3.63, 3.8) is 0 Å². The molecule has 1 fully saturated rings. The maximum atomic E-state index is 13.3. The number of halogens is 2. The molecule has 1 amide bonds. The average molecular weight is 299 g/mol. The molecule has 21 heavy (non-hydrogen) atoms. The van der Waals surface area contributed by atoms with Gasteiger partial charge in [-0.2, -0.15) is 0 Å². The van der Waals surface area contributed by atoms with Crippen LogP contribution in [0.2, 0.25) is 0 Å². The molecule has 4 nitrogen and oxygen atoms in total. The number of rotatable bonds is 3. The maximum Gasteiger partial charge on any atom is 0.251 e. The van der Waals surface area contributed by atoms with E-state index in [0.29, 0.717) is 0 Å². The van der Waals surface area contributed by atoms with Crippen LogP contribution in [-0.2, 0) is 0 Å². The molecule has 0 saturated heterocycles. The van der Waals surface area contributed by atoms with Crippen LogP contribution in [0.5, 0.6) is 5.75 Å². The number of carbonyl (C=O) groups excluding carboxylic acids is 1. The van der Waals surface area contributed by atoms with Crippen molar-refractivity contribution in [3.8, 4) is 5.75 Å². The summed E-state index contributed by atoms with van der Waals surface area (Å²) in [6, 6.07) is 1.40. The van der Waals surface area contributed by atoms with Crippen LogP contribution in [0.25, 0.3) is 0 Å². The van der Waals surface area contributed by atoms with E-state index in [2.05, 4.69) is 5.32 Å². The first kappa shape index (κ1) is 15.7. The van der Waals surface area contributed by atoms with Crippen LogP contribution in [0.3, 0.4) is 0 Å². The van der Waals surface area contributed by atoms with Gasteiger partial charge in [0, 0.05) is 24.1 Å². The molecule has 3 N–H and O–H groups in total. The van der Waals surface area contributed by atoms with Crippen molar-refractivity contribution >= 4 is 5.91 Å². The summed E-state index contributed by atoms with van der Waals surface area (Å²) in [5.74, 6) is -4.06. The average Bonchev–Trinajstić information content (AvgIpc) is 2.69. The van der Waals surface area contributed by atoms with Gasteiger partial charge in [-0.05, 0) is 25.0 Å². The lowest BCUT2D eigenvalue weighted by atomic mass is 9.95. The number of aliphatic hydroxyl groups is 1. The molecule has 1 aromatic rings. The molecular formula is C15H19F2NO3. The number of hydrogen-bond donors (Lipinski definition) is 3. The smallest absolute Gasteiger partial charge is 0.251 e. The molecule has 0 aliphatic heterocycles. The predicted octanol–water partition coefficient (Wildman–Crippen LogP) is 2.34. The second-order valence-electron chi connectivity index (χ2n) is 5.45. The Morgan fingerprint density at radius 1 is 1.19 bits per heavy atom. The van der Waals surface area contributed by atoms with Crippen molar-refractivity contribution in [3.05, 3.63) is 29.3 Å². The first-order valence-electron chi connectivity index (χ1n) is 7.12. The highest BCUT2D eigenvalue weighted by Gasteiger charge is 2.25. The fraction of sp³-hybridized carbons (Fsp3) is 0.533. The number of phenolic OH excluding ortho intramolecular Hbond substituents is 1. The van der Waals surface area contributed by atoms with Crippen LogP contribution in [0.15, 0.2) is 12.1 Å². The fourth-order valence-electron chi connectivity index (χ4n) is 2.74. The van der Waals surface area contributed by atoms with E-state index in [4.69, 9.17) is 5.11 Å². The minimum atomic E-state index is -1.17. The van der Waals surface area contributed by atoms with Gasteiger partial charge in [-0.25, -0.2) is 8.78 Å². The molecule has 1 aliphatic carbocycles. The zero-order valence-corrected chi connectivity index (χ0v) is 11.6. The van der Waals surface area contributed by atoms with E-state index in [0.717, 1.165) is 44.2 Å². The molecule has 2 rings (SSSR count). The number of aliphatic hydroxyl groups excluding tert-OH is 1. The van der Waals surface area contributed by atoms with Gasteiger partial charge in [0.2, 0.25) is 0 Å². The number of aromatic hydroxyl groups is 1. The standard InChI is InChI=1S/C15H19F2NO3/c16-11-6-10(7-12(17)14(11)20)15(21)18-13-5-3-1-2-4-9(13)8-19/h6-7,9,13,19-20H,1-5,8H2,(H,18,21)/t9-,13+/m0/s1. The molecule has 1 aromatic carbocycles. The molecule has 0 unspecified atom stereocenters. The summed E-state index contributed by atoms with van der Waals surface area (Å²) >= 11 is 0. The van der Waals surface area contributed by atoms with Crippen molar-refractivity contribution in [1.29, 1.82) is 0 Å². The Kier molecular flexibility index (Phi) is 5.12. The third-order valence-electron chi connectivity index (χ3n) is 3.99. The Morgan fingerprint density at radius 2 is 1.81 bits per heavy atom. The second-order valence-corrected chi connectivity index (χ2v) is 5.45. The monoisotopic (exact) mass is 299 g/mol. The number of amides is 1. The highest BCUT2D eigenvalue weighted by molar-refractivity contribution is 5.94. The summed E-state index contributed by atoms with van der Waals surface area (Å²) in [5.41, 5.74) is -0.177. The first-order chi connectivity index (χ1) is 10.0. The quantitative estimate of drug-likeness (QED) is 0.750. The molecule has 0 bridgehead atoms. The van der Waals surface area contributed by atoms with E-state index in [1.165, 1.54) is 0 Å². The lowest BCUT2D eigenvalue weighted by Crippen LogP contribution is -2.41. The Hall–Kier alpha value is -1.69. The molecular weight excluding hydrogens is 280 g/mol. The molecule has 0 aromatic heterocycles. The molecule has 1 aliphatic rings. The van der Waals surface area contributed by atoms with Crippen LogP contribution in [0.1, 0.15) is 42.5 Å². The number of nitrogens with one attached hydrogen (secondary N) is 1. The molecule has 0 heterocycles. The van der Waals surface area contributed by atoms with Gasteiger partial charge in [0.1, 0.15) is 0 Å². The predicted molar refractivity (Wildman–Crippen MR) is 72.9 cm³/mol. The Balaban J connectivity index is 2.12. The van der Waals surface area contributed by atoms with Crippen molar-refractivity contribution in [2.24, 2.45) is 5.92 Å². The van der Waals surface area contributed by atoms with Gasteiger partial charge in [0.15, 0.2) is 17.4 Å². The van der Waals surface area contributed by atoms with Crippen LogP contribution in [-0.4, -0.2) is 28.8 Å². The lowest BCUT2D eigenvalue weighted by molar-refractivity contribution is 0.0898. The third-order valence-corrected chi connectivity index (χ3v) is 3.99. The Bertz CT molecular complexity index is 499. The maximum absolute atomic E-state index is 13.3. The number of phenols is 1. The van der Waals surface area contributed by atoms with Crippen LogP contribution >= 0.6 is 0 Å². The first-order valence-corrected chi connectivity index (χ1v) is 7.12. The largest absolute Gasteiger partial charge is 0.503 e. The molecule has 6 heteroatoms. The van der Waals surface area contributed by atoms with Crippen molar-refractivity contribution in [2.45, 2.75) is 38.1 Å². The normalized spacial score (nSPS) is 22.6. The van der Waals surface area contributed by atoms with Gasteiger partial charge in [0.25, 0.3) is 5.91 Å². The Morgan fingerprint density at radius 3 is 2.43 bits per heavy atom. The molecule has 2 atom stereocenters. The van der Waals surface area contributed by atoms with E-state index < -0.39 is 23.3 Å². The minimum Gasteiger partial charge on any atom is -0.503 e. The fourth-order valence-corrected chi connectivity index (χ4v) is 2.74. The van der Waals surface area contributed by atoms with Gasteiger partial charge in [-0.15, -0.1) is 0 Å². The van der Waals surface area contributed by atoms with Crippen molar-refractivity contribution < 1.29 is 23.8 Å². The topological polar surface area (TPSA) is 69.6 Å². The Labute approximate surface area is 121 Å². The highest BCUT2D eigenvalue weighted by Crippen LogP contribution is 2.25. The van der Waals surface area contributed by atoms with Gasteiger partial charge in [0.05, 0.1) is 0 Å². The minimum absolute atomic E-state index is 0.0246. The van der Waals surface area contributed by atoms with E-state index >= 15 is 0 Å². The third kappa shape index (κ3) is 3.69. The zero-order chi connectivity index (χ0) is 15.4. The summed E-state index contributed by atoms with van der Waals surface area (Å²) < 4.78 is 26.6. The van der Waals surface area contributed by atoms with Crippen LogP contribution < -0.4 is 5.32 Å². The van der Waals surface area contributed by atoms with Crippen molar-refractivity contribution in [1.82, 2.24) is 5.32 Å². The van der Waals surface area contributed by atoms with Gasteiger partial charge < -0.3 is 15.5 Å². The number of benzene rings is 1. The molecule has 0 spiro atoms. The molecule has 1 saturated carbocycles. The summed E-state index contributed by atoms with van der Waals surface area (Å²) in [7, 11) is 0. The van der Waals surface area contributed by atoms with Crippen LogP contribution in [0.4, 0.5) is 8.78 Å². The summed E-state index contributed by atoms with van der Waals surface area (Å²) in [6.45, 7) is -0.0246. The van der Waals surface area contributed by atoms with E-state index in [1.807, 2.05) is 0 Å². The summed E-state index contributed by atoms with van der Waals surface area (Å²) in [6.07, 6.45) is 4.55. The molecule has 116 valence electrons. The van der Waals surface area contributed by atoms with E-state index in [9.17, 15) is 18.7 Å². The highest BCUT2D eigenvalue weighted by atomic mass is 19.1. The van der Waals surface area contributed by atoms with Gasteiger partial charge in [-0.3, -0.25) is 4.79 Å².